The number of ether oxygens (including phenoxy) is 1. The standard InChI is InChI=1S/C12H21NO2/c1-2-3-8-15-11-4-6-12(9-13,10-14)7-5-11/h11,14H,2-8,10H2,1H3. The molecule has 0 bridgehead atoms. The highest BCUT2D eigenvalue weighted by Gasteiger charge is 2.35. The van der Waals surface area contributed by atoms with Crippen LogP contribution < -0.4 is 0 Å². The predicted octanol–water partition coefficient (Wildman–Crippen LogP) is 2.25. The molecule has 0 spiro atoms. The Bertz CT molecular complexity index is 214. The lowest BCUT2D eigenvalue weighted by atomic mass is 9.75. The molecule has 0 aliphatic heterocycles. The quantitative estimate of drug-likeness (QED) is 0.710. The highest BCUT2D eigenvalue weighted by Crippen LogP contribution is 2.36. The molecule has 0 aromatic carbocycles. The normalized spacial score (nSPS) is 31.1. The fourth-order valence-electron chi connectivity index (χ4n) is 2.01. The number of rotatable bonds is 5. The van der Waals surface area contributed by atoms with Gasteiger partial charge in [0.2, 0.25) is 0 Å². The van der Waals surface area contributed by atoms with Crippen LogP contribution >= 0.6 is 0 Å². The Hall–Kier alpha value is -0.590. The second-order valence-electron chi connectivity index (χ2n) is 4.47. The van der Waals surface area contributed by atoms with E-state index in [0.717, 1.165) is 45.1 Å². The summed E-state index contributed by atoms with van der Waals surface area (Å²) in [6.45, 7) is 2.97. The van der Waals surface area contributed by atoms with Crippen LogP contribution in [-0.4, -0.2) is 24.4 Å². The van der Waals surface area contributed by atoms with Crippen molar-refractivity contribution in [2.45, 2.75) is 51.6 Å². The minimum absolute atomic E-state index is 0.00875. The first-order chi connectivity index (χ1) is 7.26. The largest absolute Gasteiger partial charge is 0.395 e. The van der Waals surface area contributed by atoms with E-state index in [-0.39, 0.29) is 6.61 Å². The maximum Gasteiger partial charge on any atom is 0.0806 e. The second kappa shape index (κ2) is 6.09. The molecular weight excluding hydrogens is 190 g/mol. The van der Waals surface area contributed by atoms with Gasteiger partial charge in [0.25, 0.3) is 0 Å². The fourth-order valence-corrected chi connectivity index (χ4v) is 2.01. The van der Waals surface area contributed by atoms with Gasteiger partial charge in [0.05, 0.1) is 24.2 Å². The van der Waals surface area contributed by atoms with E-state index in [2.05, 4.69) is 13.0 Å². The average Bonchev–Trinajstić information content (AvgIpc) is 2.31. The summed E-state index contributed by atoms with van der Waals surface area (Å²) in [6, 6.07) is 2.25. The van der Waals surface area contributed by atoms with E-state index in [0.29, 0.717) is 6.10 Å². The van der Waals surface area contributed by atoms with Crippen LogP contribution in [0.15, 0.2) is 0 Å². The van der Waals surface area contributed by atoms with Gasteiger partial charge >= 0.3 is 0 Å². The molecular formula is C12H21NO2. The molecule has 1 saturated carbocycles. The van der Waals surface area contributed by atoms with Gasteiger partial charge in [-0.3, -0.25) is 0 Å². The monoisotopic (exact) mass is 211 g/mol. The van der Waals surface area contributed by atoms with Gasteiger partial charge < -0.3 is 9.84 Å². The van der Waals surface area contributed by atoms with Crippen molar-refractivity contribution >= 4 is 0 Å². The molecule has 3 heteroatoms. The highest BCUT2D eigenvalue weighted by atomic mass is 16.5. The minimum atomic E-state index is -0.482. The number of nitriles is 1. The summed E-state index contributed by atoms with van der Waals surface area (Å²) in [4.78, 5) is 0. The number of hydrogen-bond donors (Lipinski definition) is 1. The van der Waals surface area contributed by atoms with E-state index in [4.69, 9.17) is 10.00 Å². The van der Waals surface area contributed by atoms with Gasteiger partial charge in [-0.25, -0.2) is 0 Å². The Balaban J connectivity index is 2.26. The second-order valence-corrected chi connectivity index (χ2v) is 4.47. The van der Waals surface area contributed by atoms with E-state index in [1.54, 1.807) is 0 Å². The van der Waals surface area contributed by atoms with Gasteiger partial charge in [0.15, 0.2) is 0 Å². The Morgan fingerprint density at radius 3 is 2.60 bits per heavy atom. The van der Waals surface area contributed by atoms with Crippen LogP contribution in [0.1, 0.15) is 45.4 Å². The minimum Gasteiger partial charge on any atom is -0.395 e. The molecule has 15 heavy (non-hydrogen) atoms. The Morgan fingerprint density at radius 1 is 1.47 bits per heavy atom. The van der Waals surface area contributed by atoms with E-state index >= 15 is 0 Å². The Morgan fingerprint density at radius 2 is 2.13 bits per heavy atom. The summed E-state index contributed by atoms with van der Waals surface area (Å²) >= 11 is 0. The first kappa shape index (κ1) is 12.5. The van der Waals surface area contributed by atoms with Crippen molar-refractivity contribution in [3.8, 4) is 6.07 Å². The molecule has 0 aromatic heterocycles. The Labute approximate surface area is 92.0 Å². The van der Waals surface area contributed by atoms with E-state index in [1.165, 1.54) is 0 Å². The molecule has 0 aromatic rings. The maximum atomic E-state index is 9.18. The third kappa shape index (κ3) is 3.48. The smallest absolute Gasteiger partial charge is 0.0806 e. The first-order valence-electron chi connectivity index (χ1n) is 5.90. The van der Waals surface area contributed by atoms with Crippen LogP contribution in [0.4, 0.5) is 0 Å². The molecule has 0 unspecified atom stereocenters. The molecule has 0 heterocycles. The molecule has 1 aliphatic rings. The maximum absolute atomic E-state index is 9.18. The zero-order chi connectivity index (χ0) is 11.1. The lowest BCUT2D eigenvalue weighted by molar-refractivity contribution is -0.00427. The van der Waals surface area contributed by atoms with Crippen LogP contribution in [0.3, 0.4) is 0 Å². The van der Waals surface area contributed by atoms with Gasteiger partial charge in [-0.15, -0.1) is 0 Å². The molecule has 1 fully saturated rings. The highest BCUT2D eigenvalue weighted by molar-refractivity contribution is 5.01. The number of aliphatic hydroxyl groups excluding tert-OH is 1. The summed E-state index contributed by atoms with van der Waals surface area (Å²) in [6.07, 6.45) is 5.96. The van der Waals surface area contributed by atoms with Crippen molar-refractivity contribution < 1.29 is 9.84 Å². The number of hydrogen-bond acceptors (Lipinski definition) is 3. The summed E-state index contributed by atoms with van der Waals surface area (Å²) in [5, 5.41) is 18.2. The third-order valence-electron chi connectivity index (χ3n) is 3.28. The van der Waals surface area contributed by atoms with Crippen molar-refractivity contribution in [3.05, 3.63) is 0 Å². The van der Waals surface area contributed by atoms with Gasteiger partial charge in [0.1, 0.15) is 0 Å². The number of nitrogens with zero attached hydrogens (tertiary/aromatic N) is 1. The molecule has 0 atom stereocenters. The molecule has 86 valence electrons. The molecule has 3 nitrogen and oxygen atoms in total. The number of aliphatic hydroxyl groups is 1. The molecule has 0 amide bonds. The zero-order valence-electron chi connectivity index (χ0n) is 9.54. The Kier molecular flexibility index (Phi) is 5.07. The molecule has 1 rings (SSSR count). The van der Waals surface area contributed by atoms with Crippen molar-refractivity contribution in [1.29, 1.82) is 5.26 Å². The molecule has 0 saturated heterocycles. The lowest BCUT2D eigenvalue weighted by Crippen LogP contribution is -2.32. The van der Waals surface area contributed by atoms with Crippen LogP contribution in [-0.2, 0) is 4.74 Å². The van der Waals surface area contributed by atoms with Crippen molar-refractivity contribution in [2.24, 2.45) is 5.41 Å². The number of unbranched alkanes of at least 4 members (excludes halogenated alkanes) is 1. The van der Waals surface area contributed by atoms with Crippen LogP contribution in [0.5, 0.6) is 0 Å². The van der Waals surface area contributed by atoms with Crippen LogP contribution in [0, 0.1) is 16.7 Å². The van der Waals surface area contributed by atoms with Gasteiger partial charge in [0, 0.05) is 6.61 Å². The van der Waals surface area contributed by atoms with Crippen LogP contribution in [0.25, 0.3) is 0 Å². The summed E-state index contributed by atoms with van der Waals surface area (Å²) in [5.41, 5.74) is -0.482. The van der Waals surface area contributed by atoms with Crippen molar-refractivity contribution in [3.63, 3.8) is 0 Å². The lowest BCUT2D eigenvalue weighted by Gasteiger charge is -2.33. The molecule has 1 aliphatic carbocycles. The molecule has 0 radical (unpaired) electrons. The first-order valence-corrected chi connectivity index (χ1v) is 5.90. The van der Waals surface area contributed by atoms with Crippen molar-refractivity contribution in [1.82, 2.24) is 0 Å². The van der Waals surface area contributed by atoms with Gasteiger partial charge in [-0.2, -0.15) is 5.26 Å². The van der Waals surface area contributed by atoms with Crippen molar-refractivity contribution in [2.75, 3.05) is 13.2 Å². The summed E-state index contributed by atoms with van der Waals surface area (Å²) < 4.78 is 5.71. The molecule has 1 N–H and O–H groups in total. The third-order valence-corrected chi connectivity index (χ3v) is 3.28. The van der Waals surface area contributed by atoms with Gasteiger partial charge in [-0.1, -0.05) is 13.3 Å². The zero-order valence-corrected chi connectivity index (χ0v) is 9.54. The average molecular weight is 211 g/mol. The van der Waals surface area contributed by atoms with E-state index in [9.17, 15) is 5.11 Å². The fraction of sp³-hybridized carbons (Fsp3) is 0.917. The van der Waals surface area contributed by atoms with Gasteiger partial charge in [-0.05, 0) is 32.1 Å². The predicted molar refractivity (Wildman–Crippen MR) is 58.2 cm³/mol. The topological polar surface area (TPSA) is 53.2 Å². The summed E-state index contributed by atoms with van der Waals surface area (Å²) in [7, 11) is 0. The van der Waals surface area contributed by atoms with E-state index < -0.39 is 5.41 Å². The SMILES string of the molecule is CCCCOC1CCC(C#N)(CO)CC1. The van der Waals surface area contributed by atoms with Crippen LogP contribution in [0.2, 0.25) is 0 Å². The summed E-state index contributed by atoms with van der Waals surface area (Å²) in [5.74, 6) is 0. The van der Waals surface area contributed by atoms with E-state index in [1.807, 2.05) is 0 Å².